The molecule has 0 aliphatic heterocycles. The van der Waals surface area contributed by atoms with Gasteiger partial charge in [-0.3, -0.25) is 0 Å². The predicted octanol–water partition coefficient (Wildman–Crippen LogP) is 2.53. The van der Waals surface area contributed by atoms with Crippen molar-refractivity contribution in [2.75, 3.05) is 26.4 Å². The number of ether oxygens (including phenoxy) is 3. The molecule has 0 aliphatic carbocycles. The van der Waals surface area contributed by atoms with Gasteiger partial charge < -0.3 is 19.9 Å². The summed E-state index contributed by atoms with van der Waals surface area (Å²) in [5.74, 6) is 0.813. The topological polar surface area (TPSA) is 53.7 Å². The Labute approximate surface area is 126 Å². The fraction of sp³-hybridized carbons (Fsp3) is 0.533. The van der Waals surface area contributed by atoms with E-state index in [1.807, 2.05) is 38.1 Å². The van der Waals surface area contributed by atoms with E-state index in [1.54, 1.807) is 0 Å². The molecule has 0 saturated carbocycles. The summed E-state index contributed by atoms with van der Waals surface area (Å²) in [5.41, 5.74) is 6.37. The first kappa shape index (κ1) is 16.9. The molecule has 20 heavy (non-hydrogen) atoms. The van der Waals surface area contributed by atoms with Crippen LogP contribution in [0.15, 0.2) is 24.3 Å². The van der Waals surface area contributed by atoms with Crippen molar-refractivity contribution >= 4 is 17.2 Å². The van der Waals surface area contributed by atoms with E-state index in [0.717, 1.165) is 17.7 Å². The number of hydrogen-bond donors (Lipinski definition) is 1. The van der Waals surface area contributed by atoms with Crippen molar-refractivity contribution < 1.29 is 14.2 Å². The largest absolute Gasteiger partial charge is 0.494 e. The molecular weight excluding hydrogens is 274 g/mol. The van der Waals surface area contributed by atoms with E-state index in [2.05, 4.69) is 0 Å². The van der Waals surface area contributed by atoms with Gasteiger partial charge in [0, 0.05) is 18.6 Å². The fourth-order valence-corrected chi connectivity index (χ4v) is 1.65. The number of hydrogen-bond acceptors (Lipinski definition) is 4. The molecule has 1 aromatic carbocycles. The van der Waals surface area contributed by atoms with Gasteiger partial charge in [-0.1, -0.05) is 12.2 Å². The molecule has 0 bridgehead atoms. The Balaban J connectivity index is 2.05. The summed E-state index contributed by atoms with van der Waals surface area (Å²) in [6.07, 6.45) is 1.10. The van der Waals surface area contributed by atoms with E-state index in [9.17, 15) is 0 Å². The Bertz CT molecular complexity index is 393. The standard InChI is InChI=1S/C15H23NO3S/c1-12(2)18-11-10-17-8-3-9-19-14-6-4-13(5-7-14)15(16)20/h4-7,12H,3,8-11H2,1-2H3,(H2,16,20). The lowest BCUT2D eigenvalue weighted by atomic mass is 10.2. The molecule has 0 aromatic heterocycles. The lowest BCUT2D eigenvalue weighted by Gasteiger charge is -2.09. The molecule has 0 unspecified atom stereocenters. The Morgan fingerprint density at radius 3 is 2.40 bits per heavy atom. The molecule has 1 rings (SSSR count). The lowest BCUT2D eigenvalue weighted by molar-refractivity contribution is 0.0170. The van der Waals surface area contributed by atoms with Gasteiger partial charge in [-0.2, -0.15) is 0 Å². The Hall–Kier alpha value is -1.17. The molecular formula is C15H23NO3S. The van der Waals surface area contributed by atoms with Crippen LogP contribution in [-0.4, -0.2) is 37.5 Å². The monoisotopic (exact) mass is 297 g/mol. The van der Waals surface area contributed by atoms with Crippen molar-refractivity contribution in [2.24, 2.45) is 5.73 Å². The average Bonchev–Trinajstić information content (AvgIpc) is 2.42. The number of rotatable bonds is 10. The van der Waals surface area contributed by atoms with Gasteiger partial charge >= 0.3 is 0 Å². The van der Waals surface area contributed by atoms with E-state index in [1.165, 1.54) is 0 Å². The maximum absolute atomic E-state index is 5.59. The van der Waals surface area contributed by atoms with Crippen LogP contribution in [0.25, 0.3) is 0 Å². The van der Waals surface area contributed by atoms with Crippen LogP contribution in [-0.2, 0) is 9.47 Å². The quantitative estimate of drug-likeness (QED) is 0.531. The maximum Gasteiger partial charge on any atom is 0.119 e. The van der Waals surface area contributed by atoms with Gasteiger partial charge in [0.25, 0.3) is 0 Å². The molecule has 2 N–H and O–H groups in total. The third-order valence-electron chi connectivity index (χ3n) is 2.52. The SMILES string of the molecule is CC(C)OCCOCCCOc1ccc(C(N)=S)cc1. The average molecular weight is 297 g/mol. The lowest BCUT2D eigenvalue weighted by Crippen LogP contribution is -2.11. The first-order chi connectivity index (χ1) is 9.59. The van der Waals surface area contributed by atoms with E-state index < -0.39 is 0 Å². The van der Waals surface area contributed by atoms with Crippen LogP contribution < -0.4 is 10.5 Å². The smallest absolute Gasteiger partial charge is 0.119 e. The molecule has 1 aromatic rings. The molecule has 0 spiro atoms. The fourth-order valence-electron chi connectivity index (χ4n) is 1.51. The molecule has 0 atom stereocenters. The minimum absolute atomic E-state index is 0.256. The van der Waals surface area contributed by atoms with E-state index in [0.29, 0.717) is 31.4 Å². The van der Waals surface area contributed by atoms with Crippen LogP contribution in [0.2, 0.25) is 0 Å². The molecule has 0 radical (unpaired) electrons. The van der Waals surface area contributed by atoms with Crippen LogP contribution >= 0.6 is 12.2 Å². The second-order valence-electron chi connectivity index (χ2n) is 4.62. The number of nitrogens with two attached hydrogens (primary N) is 1. The van der Waals surface area contributed by atoms with Crippen molar-refractivity contribution in [2.45, 2.75) is 26.4 Å². The molecule has 112 valence electrons. The molecule has 4 nitrogen and oxygen atoms in total. The molecule has 0 fully saturated rings. The zero-order valence-corrected chi connectivity index (χ0v) is 12.9. The van der Waals surface area contributed by atoms with Crippen molar-refractivity contribution in [1.29, 1.82) is 0 Å². The number of thiocarbonyl (C=S) groups is 1. The van der Waals surface area contributed by atoms with Gasteiger partial charge in [-0.05, 0) is 38.1 Å². The first-order valence-electron chi connectivity index (χ1n) is 6.81. The molecule has 0 saturated heterocycles. The number of benzene rings is 1. The van der Waals surface area contributed by atoms with Crippen molar-refractivity contribution in [3.63, 3.8) is 0 Å². The predicted molar refractivity (Wildman–Crippen MR) is 84.3 cm³/mol. The minimum atomic E-state index is 0.256. The second kappa shape index (κ2) is 9.69. The summed E-state index contributed by atoms with van der Waals surface area (Å²) in [4.78, 5) is 0.397. The third kappa shape index (κ3) is 7.43. The summed E-state index contributed by atoms with van der Waals surface area (Å²) in [6.45, 7) is 6.58. The third-order valence-corrected chi connectivity index (χ3v) is 2.76. The van der Waals surface area contributed by atoms with E-state index >= 15 is 0 Å². The van der Waals surface area contributed by atoms with Crippen molar-refractivity contribution in [1.82, 2.24) is 0 Å². The summed E-state index contributed by atoms with van der Waals surface area (Å²) in [5, 5.41) is 0. The summed E-state index contributed by atoms with van der Waals surface area (Å²) < 4.78 is 16.4. The molecule has 0 heterocycles. The summed E-state index contributed by atoms with van der Waals surface area (Å²) >= 11 is 4.89. The second-order valence-corrected chi connectivity index (χ2v) is 5.06. The first-order valence-corrected chi connectivity index (χ1v) is 7.22. The van der Waals surface area contributed by atoms with Crippen LogP contribution in [0.3, 0.4) is 0 Å². The van der Waals surface area contributed by atoms with Crippen molar-refractivity contribution in [3.05, 3.63) is 29.8 Å². The highest BCUT2D eigenvalue weighted by atomic mass is 32.1. The zero-order valence-electron chi connectivity index (χ0n) is 12.1. The highest BCUT2D eigenvalue weighted by Gasteiger charge is 1.98. The van der Waals surface area contributed by atoms with Gasteiger partial charge in [0.1, 0.15) is 10.7 Å². The van der Waals surface area contributed by atoms with E-state index in [-0.39, 0.29) is 6.10 Å². The van der Waals surface area contributed by atoms with Gasteiger partial charge in [0.15, 0.2) is 0 Å². The minimum Gasteiger partial charge on any atom is -0.494 e. The van der Waals surface area contributed by atoms with Crippen molar-refractivity contribution in [3.8, 4) is 5.75 Å². The highest BCUT2D eigenvalue weighted by molar-refractivity contribution is 7.80. The molecule has 0 amide bonds. The van der Waals surface area contributed by atoms with Crippen LogP contribution in [0, 0.1) is 0 Å². The van der Waals surface area contributed by atoms with Crippen LogP contribution in [0.5, 0.6) is 5.75 Å². The van der Waals surface area contributed by atoms with E-state index in [4.69, 9.17) is 32.2 Å². The Morgan fingerprint density at radius 2 is 1.80 bits per heavy atom. The van der Waals surface area contributed by atoms with Gasteiger partial charge in [0.2, 0.25) is 0 Å². The summed E-state index contributed by atoms with van der Waals surface area (Å²) in [6, 6.07) is 7.45. The Morgan fingerprint density at radius 1 is 1.10 bits per heavy atom. The summed E-state index contributed by atoms with van der Waals surface area (Å²) in [7, 11) is 0. The zero-order chi connectivity index (χ0) is 14.8. The van der Waals surface area contributed by atoms with Crippen LogP contribution in [0.4, 0.5) is 0 Å². The maximum atomic E-state index is 5.59. The highest BCUT2D eigenvalue weighted by Crippen LogP contribution is 2.12. The molecule has 5 heteroatoms. The van der Waals surface area contributed by atoms with Crippen LogP contribution in [0.1, 0.15) is 25.8 Å². The normalized spacial score (nSPS) is 10.8. The molecule has 0 aliphatic rings. The van der Waals surface area contributed by atoms with Gasteiger partial charge in [0.05, 0.1) is 25.9 Å². The van der Waals surface area contributed by atoms with Gasteiger partial charge in [-0.15, -0.1) is 0 Å². The Kier molecular flexibility index (Phi) is 8.18. The van der Waals surface area contributed by atoms with Gasteiger partial charge in [-0.25, -0.2) is 0 Å².